The first-order valence-electron chi connectivity index (χ1n) is 9.01. The van der Waals surface area contributed by atoms with Crippen molar-refractivity contribution in [3.63, 3.8) is 0 Å². The molecule has 5 nitrogen and oxygen atoms in total. The van der Waals surface area contributed by atoms with Crippen molar-refractivity contribution in [3.05, 3.63) is 58.6 Å². The fraction of sp³-hybridized carbons (Fsp3) is 0.286. The summed E-state index contributed by atoms with van der Waals surface area (Å²) in [5, 5.41) is 0. The number of anilines is 1. The smallest absolute Gasteiger partial charge is 0.343 e. The van der Waals surface area contributed by atoms with Gasteiger partial charge in [0.15, 0.2) is 5.75 Å². The number of carbonyl (C=O) groups is 3. The van der Waals surface area contributed by atoms with Crippen LogP contribution in [0.2, 0.25) is 0 Å². The summed E-state index contributed by atoms with van der Waals surface area (Å²) in [7, 11) is 0. The standard InChI is InChI=1S/C21H18BrNO4/c22-14-11-9-13(10-12-14)21(26)27-18-8-4-3-7-17(18)23-19(24)15-5-1-2-6-16(15)20(23)25/h3-4,7-12,15-16H,1-2,5-6H2. The lowest BCUT2D eigenvalue weighted by Gasteiger charge is -2.19. The van der Waals surface area contributed by atoms with Gasteiger partial charge in [0.1, 0.15) is 0 Å². The minimum absolute atomic E-state index is 0.183. The molecule has 27 heavy (non-hydrogen) atoms. The topological polar surface area (TPSA) is 63.7 Å². The zero-order chi connectivity index (χ0) is 19.0. The van der Waals surface area contributed by atoms with Gasteiger partial charge in [0.05, 0.1) is 23.1 Å². The molecule has 6 heteroatoms. The maximum Gasteiger partial charge on any atom is 0.343 e. The van der Waals surface area contributed by atoms with E-state index in [0.29, 0.717) is 11.3 Å². The highest BCUT2D eigenvalue weighted by molar-refractivity contribution is 9.10. The van der Waals surface area contributed by atoms with E-state index < -0.39 is 5.97 Å². The number of hydrogen-bond acceptors (Lipinski definition) is 4. The zero-order valence-corrected chi connectivity index (χ0v) is 16.1. The van der Waals surface area contributed by atoms with E-state index in [1.165, 1.54) is 4.90 Å². The van der Waals surface area contributed by atoms with Crippen LogP contribution < -0.4 is 9.64 Å². The quantitative estimate of drug-likeness (QED) is 0.414. The largest absolute Gasteiger partial charge is 0.421 e. The van der Waals surface area contributed by atoms with Crippen LogP contribution in [0.15, 0.2) is 53.0 Å². The number of fused-ring (bicyclic) bond motifs is 1. The minimum Gasteiger partial charge on any atom is -0.421 e. The Balaban J connectivity index is 1.63. The molecule has 2 amide bonds. The Labute approximate surface area is 165 Å². The maximum atomic E-state index is 12.9. The molecule has 138 valence electrons. The molecule has 0 N–H and O–H groups in total. The lowest BCUT2D eigenvalue weighted by Crippen LogP contribution is -2.31. The van der Waals surface area contributed by atoms with Crippen LogP contribution in [0.5, 0.6) is 5.75 Å². The van der Waals surface area contributed by atoms with E-state index in [4.69, 9.17) is 4.74 Å². The lowest BCUT2D eigenvalue weighted by molar-refractivity contribution is -0.122. The number of amides is 2. The molecule has 2 aromatic carbocycles. The number of nitrogens with zero attached hydrogens (tertiary/aromatic N) is 1. The van der Waals surface area contributed by atoms with E-state index in [2.05, 4.69) is 15.9 Å². The third kappa shape index (κ3) is 3.30. The molecule has 2 unspecified atom stereocenters. The highest BCUT2D eigenvalue weighted by Crippen LogP contribution is 2.42. The molecule has 0 spiro atoms. The summed E-state index contributed by atoms with van der Waals surface area (Å²) in [6.07, 6.45) is 3.42. The normalized spacial score (nSPS) is 21.9. The first kappa shape index (κ1) is 17.9. The number of esters is 1. The van der Waals surface area contributed by atoms with Gasteiger partial charge in [-0.05, 0) is 49.2 Å². The SMILES string of the molecule is O=C(Oc1ccccc1N1C(=O)C2CCCCC2C1=O)c1ccc(Br)cc1. The van der Waals surface area contributed by atoms with Gasteiger partial charge in [-0.25, -0.2) is 9.69 Å². The van der Waals surface area contributed by atoms with Gasteiger partial charge in [0, 0.05) is 4.47 Å². The Morgan fingerprint density at radius 2 is 1.52 bits per heavy atom. The molecular formula is C21H18BrNO4. The number of para-hydroxylation sites is 2. The maximum absolute atomic E-state index is 12.9. The molecule has 1 heterocycles. The molecule has 2 fully saturated rings. The van der Waals surface area contributed by atoms with Gasteiger partial charge in [0.2, 0.25) is 11.8 Å². The second kappa shape index (κ2) is 7.27. The molecule has 1 aliphatic carbocycles. The summed E-state index contributed by atoms with van der Waals surface area (Å²) in [5.74, 6) is -1.19. The molecule has 0 bridgehead atoms. The predicted octanol–water partition coefficient (Wildman–Crippen LogP) is 4.35. The van der Waals surface area contributed by atoms with Crippen molar-refractivity contribution < 1.29 is 19.1 Å². The Morgan fingerprint density at radius 3 is 2.15 bits per heavy atom. The average molecular weight is 428 g/mol. The van der Waals surface area contributed by atoms with Crippen LogP contribution >= 0.6 is 15.9 Å². The van der Waals surface area contributed by atoms with Crippen LogP contribution in [-0.2, 0) is 9.59 Å². The van der Waals surface area contributed by atoms with Gasteiger partial charge in [-0.3, -0.25) is 9.59 Å². The van der Waals surface area contributed by atoms with Crippen LogP contribution in [0.25, 0.3) is 0 Å². The second-order valence-corrected chi connectivity index (χ2v) is 7.79. The van der Waals surface area contributed by atoms with Crippen LogP contribution in [0.3, 0.4) is 0 Å². The summed E-state index contributed by atoms with van der Waals surface area (Å²) in [6.45, 7) is 0. The van der Waals surface area contributed by atoms with Gasteiger partial charge < -0.3 is 4.74 Å². The second-order valence-electron chi connectivity index (χ2n) is 6.87. The summed E-state index contributed by atoms with van der Waals surface area (Å²) in [6, 6.07) is 13.5. The average Bonchev–Trinajstić information content (AvgIpc) is 2.94. The van der Waals surface area contributed by atoms with Crippen LogP contribution in [0.4, 0.5) is 5.69 Å². The molecule has 2 aromatic rings. The number of hydrogen-bond donors (Lipinski definition) is 0. The number of benzene rings is 2. The van der Waals surface area contributed by atoms with Gasteiger partial charge >= 0.3 is 5.97 Å². The molecule has 4 rings (SSSR count). The first-order chi connectivity index (χ1) is 13.1. The summed E-state index contributed by atoms with van der Waals surface area (Å²) in [5.41, 5.74) is 0.730. The number of rotatable bonds is 3. The fourth-order valence-electron chi connectivity index (χ4n) is 3.87. The molecule has 0 aromatic heterocycles. The third-order valence-corrected chi connectivity index (χ3v) is 5.76. The summed E-state index contributed by atoms with van der Waals surface area (Å²) < 4.78 is 6.39. The monoisotopic (exact) mass is 427 g/mol. The number of carbonyl (C=O) groups excluding carboxylic acids is 3. The minimum atomic E-state index is -0.536. The van der Waals surface area contributed by atoms with Gasteiger partial charge in [0.25, 0.3) is 0 Å². The molecular weight excluding hydrogens is 410 g/mol. The molecule has 0 radical (unpaired) electrons. The summed E-state index contributed by atoms with van der Waals surface area (Å²) >= 11 is 3.33. The van der Waals surface area contributed by atoms with Crippen molar-refractivity contribution in [1.82, 2.24) is 0 Å². The molecule has 2 atom stereocenters. The Morgan fingerprint density at radius 1 is 0.926 bits per heavy atom. The summed E-state index contributed by atoms with van der Waals surface area (Å²) in [4.78, 5) is 39.4. The predicted molar refractivity (Wildman–Crippen MR) is 103 cm³/mol. The number of halogens is 1. The molecule has 1 saturated heterocycles. The van der Waals surface area contributed by atoms with E-state index in [-0.39, 0.29) is 29.4 Å². The fourth-order valence-corrected chi connectivity index (χ4v) is 4.14. The van der Waals surface area contributed by atoms with E-state index in [1.54, 1.807) is 48.5 Å². The molecule has 1 saturated carbocycles. The Hall–Kier alpha value is -2.47. The van der Waals surface area contributed by atoms with E-state index >= 15 is 0 Å². The third-order valence-electron chi connectivity index (χ3n) is 5.23. The zero-order valence-electron chi connectivity index (χ0n) is 14.6. The van der Waals surface area contributed by atoms with E-state index in [9.17, 15) is 14.4 Å². The molecule has 2 aliphatic rings. The van der Waals surface area contributed by atoms with Crippen molar-refractivity contribution in [2.75, 3.05) is 4.90 Å². The van der Waals surface area contributed by atoms with Crippen molar-refractivity contribution in [2.24, 2.45) is 11.8 Å². The lowest BCUT2D eigenvalue weighted by atomic mass is 9.81. The van der Waals surface area contributed by atoms with Crippen LogP contribution in [0, 0.1) is 11.8 Å². The van der Waals surface area contributed by atoms with Crippen molar-refractivity contribution in [1.29, 1.82) is 0 Å². The first-order valence-corrected chi connectivity index (χ1v) is 9.80. The van der Waals surface area contributed by atoms with Gasteiger partial charge in [-0.1, -0.05) is 40.9 Å². The number of imide groups is 1. The van der Waals surface area contributed by atoms with Crippen molar-refractivity contribution >= 4 is 39.4 Å². The van der Waals surface area contributed by atoms with Crippen molar-refractivity contribution in [3.8, 4) is 5.75 Å². The van der Waals surface area contributed by atoms with Gasteiger partial charge in [-0.2, -0.15) is 0 Å². The number of ether oxygens (including phenoxy) is 1. The van der Waals surface area contributed by atoms with Crippen LogP contribution in [-0.4, -0.2) is 17.8 Å². The van der Waals surface area contributed by atoms with E-state index in [0.717, 1.165) is 30.2 Å². The van der Waals surface area contributed by atoms with E-state index in [1.807, 2.05) is 0 Å². The van der Waals surface area contributed by atoms with Crippen LogP contribution in [0.1, 0.15) is 36.0 Å². The Kier molecular flexibility index (Phi) is 4.83. The Bertz CT molecular complexity index is 885. The molecule has 1 aliphatic heterocycles. The van der Waals surface area contributed by atoms with Gasteiger partial charge in [-0.15, -0.1) is 0 Å². The highest BCUT2D eigenvalue weighted by Gasteiger charge is 2.49. The van der Waals surface area contributed by atoms with Crippen molar-refractivity contribution in [2.45, 2.75) is 25.7 Å². The highest BCUT2D eigenvalue weighted by atomic mass is 79.9.